The number of phenolic OH excluding ortho intramolecular Hbond substituents is 3. The minimum Gasteiger partial charge on any atom is -0.504 e. The second-order valence-electron chi connectivity index (χ2n) is 2.17. The summed E-state index contributed by atoms with van der Waals surface area (Å²) >= 11 is 0. The number of aromatic carboxylic acids is 1. The molecule has 1 rings (SSSR count). The molecule has 0 saturated carbocycles. The van der Waals surface area contributed by atoms with E-state index < -0.39 is 23.2 Å². The fourth-order valence-corrected chi connectivity index (χ4v) is 0.728. The Morgan fingerprint density at radius 1 is 1.07 bits per heavy atom. The zero-order valence-corrected chi connectivity index (χ0v) is 12.4. The van der Waals surface area contributed by atoms with Gasteiger partial charge in [-0.05, 0) is 12.1 Å². The maximum absolute atomic E-state index is 10.3. The van der Waals surface area contributed by atoms with Gasteiger partial charge in [-0.15, -0.1) is 0 Å². The van der Waals surface area contributed by atoms with Crippen LogP contribution in [-0.4, -0.2) is 26.4 Å². The first-order valence-electron chi connectivity index (χ1n) is 3.00. The molecule has 0 spiro atoms. The minimum atomic E-state index is -1.29. The summed E-state index contributed by atoms with van der Waals surface area (Å²) in [5.74, 6) is -3.33. The van der Waals surface area contributed by atoms with Crippen molar-refractivity contribution in [3.8, 4) is 17.2 Å². The summed E-state index contributed by atoms with van der Waals surface area (Å²) < 4.78 is 0. The molecule has 0 aromatic heterocycles. The molecule has 1 aromatic rings. The first-order chi connectivity index (χ1) is 5.52. The summed E-state index contributed by atoms with van der Waals surface area (Å²) in [6.45, 7) is 0. The molecule has 0 atom stereocenters. The molecule has 1 aromatic carbocycles. The van der Waals surface area contributed by atoms with Gasteiger partial charge in [0.2, 0.25) is 0 Å². The van der Waals surface area contributed by atoms with Crippen molar-refractivity contribution in [3.63, 3.8) is 0 Å². The summed E-state index contributed by atoms with van der Waals surface area (Å²) in [5.41, 5.74) is -0.289. The predicted molar refractivity (Wildman–Crippen MR) is 38.4 cm³/mol. The summed E-state index contributed by atoms with van der Waals surface area (Å²) in [7, 11) is 0. The van der Waals surface area contributed by atoms with E-state index in [0.29, 0.717) is 0 Å². The molecule has 5 nitrogen and oxygen atoms in total. The molecule has 0 aliphatic heterocycles. The minimum absolute atomic E-state index is 0. The summed E-state index contributed by atoms with van der Waals surface area (Å²) in [6.07, 6.45) is 0. The maximum atomic E-state index is 10.3. The van der Waals surface area contributed by atoms with Gasteiger partial charge in [0.05, 0.1) is 5.56 Å². The van der Waals surface area contributed by atoms with Gasteiger partial charge >= 0.3 is 5.97 Å². The van der Waals surface area contributed by atoms with Crippen LogP contribution in [0.4, 0.5) is 0 Å². The third-order valence-electron chi connectivity index (χ3n) is 1.32. The maximum Gasteiger partial charge on any atom is 0.335 e. The van der Waals surface area contributed by atoms with Crippen molar-refractivity contribution >= 4 is 5.97 Å². The van der Waals surface area contributed by atoms with Gasteiger partial charge in [0.1, 0.15) is 0 Å². The Hall–Kier alpha value is 0.155. The van der Waals surface area contributed by atoms with Crippen LogP contribution < -0.4 is 0 Å². The molecule has 0 heterocycles. The molecular formula is C7H6LaO5Sc. The molecule has 0 saturated heterocycles. The van der Waals surface area contributed by atoms with Crippen molar-refractivity contribution in [1.29, 1.82) is 0 Å². The van der Waals surface area contributed by atoms with E-state index in [1.54, 1.807) is 0 Å². The Bertz CT molecular complexity index is 318. The van der Waals surface area contributed by atoms with Crippen molar-refractivity contribution in [2.45, 2.75) is 0 Å². The number of phenols is 3. The van der Waals surface area contributed by atoms with Crippen LogP contribution in [0, 0.1) is 35.6 Å². The molecule has 2 radical (unpaired) electrons. The molecule has 0 bridgehead atoms. The standard InChI is InChI=1S/C7H6O5.La.Sc/c8-4-1-3(7(11)12)2-5(9)6(4)10;;/h1-2,8-10H,(H,11,12);;. The van der Waals surface area contributed by atoms with Crippen LogP contribution in [0.25, 0.3) is 0 Å². The number of rotatable bonds is 1. The third-order valence-corrected chi connectivity index (χ3v) is 1.32. The predicted octanol–water partition coefficient (Wildman–Crippen LogP) is 0.499. The molecule has 4 N–H and O–H groups in total. The van der Waals surface area contributed by atoms with E-state index in [9.17, 15) is 4.79 Å². The molecule has 0 unspecified atom stereocenters. The number of hydrogen-bond donors (Lipinski definition) is 4. The van der Waals surface area contributed by atoms with Crippen LogP contribution >= 0.6 is 0 Å². The van der Waals surface area contributed by atoms with Crippen LogP contribution in [-0.2, 0) is 25.8 Å². The van der Waals surface area contributed by atoms with E-state index in [2.05, 4.69) is 0 Å². The second kappa shape index (κ2) is 6.60. The molecule has 70 valence electrons. The van der Waals surface area contributed by atoms with Crippen LogP contribution in [0.1, 0.15) is 10.4 Å². The van der Waals surface area contributed by atoms with E-state index in [-0.39, 0.29) is 67.0 Å². The van der Waals surface area contributed by atoms with Gasteiger partial charge in [-0.1, -0.05) is 0 Å². The van der Waals surface area contributed by atoms with Gasteiger partial charge in [0.15, 0.2) is 17.2 Å². The van der Waals surface area contributed by atoms with E-state index in [4.69, 9.17) is 20.4 Å². The van der Waals surface area contributed by atoms with E-state index in [1.165, 1.54) is 0 Å². The largest absolute Gasteiger partial charge is 0.504 e. The van der Waals surface area contributed by atoms with Crippen molar-refractivity contribution in [3.05, 3.63) is 17.7 Å². The smallest absolute Gasteiger partial charge is 0.335 e. The fraction of sp³-hybridized carbons (Fsp3) is 0. The van der Waals surface area contributed by atoms with Gasteiger partial charge < -0.3 is 20.4 Å². The van der Waals surface area contributed by atoms with Gasteiger partial charge in [-0.2, -0.15) is 0 Å². The summed E-state index contributed by atoms with van der Waals surface area (Å²) in [6, 6.07) is 1.69. The molecule has 7 heteroatoms. The zero-order valence-electron chi connectivity index (χ0n) is 7.01. The van der Waals surface area contributed by atoms with E-state index in [1.807, 2.05) is 0 Å². The molecule has 0 aliphatic rings. The van der Waals surface area contributed by atoms with Crippen LogP contribution in [0.2, 0.25) is 0 Å². The average molecular weight is 354 g/mol. The SMILES string of the molecule is O=C(O)c1cc(O)c(O)c(O)c1.[La].[Sc]. The molecule has 14 heavy (non-hydrogen) atoms. The van der Waals surface area contributed by atoms with Crippen molar-refractivity contribution in [1.82, 2.24) is 0 Å². The van der Waals surface area contributed by atoms with E-state index in [0.717, 1.165) is 12.1 Å². The first kappa shape index (κ1) is 16.6. The van der Waals surface area contributed by atoms with Crippen LogP contribution in [0.15, 0.2) is 12.1 Å². The van der Waals surface area contributed by atoms with Crippen LogP contribution in [0.5, 0.6) is 17.2 Å². The Balaban J connectivity index is 0. The Morgan fingerprint density at radius 3 is 1.71 bits per heavy atom. The Morgan fingerprint density at radius 2 is 1.43 bits per heavy atom. The molecular weight excluding hydrogens is 348 g/mol. The third kappa shape index (κ3) is 3.72. The van der Waals surface area contributed by atoms with Crippen molar-refractivity contribution < 1.29 is 86.7 Å². The first-order valence-corrected chi connectivity index (χ1v) is 3.00. The molecule has 0 aliphatic carbocycles. The van der Waals surface area contributed by atoms with Crippen LogP contribution in [0.3, 0.4) is 0 Å². The average Bonchev–Trinajstić information content (AvgIpc) is 1.99. The number of hydrogen-bond acceptors (Lipinski definition) is 4. The number of carboxylic acids is 1. The topological polar surface area (TPSA) is 98.0 Å². The van der Waals surface area contributed by atoms with Gasteiger partial charge in [-0.3, -0.25) is 0 Å². The van der Waals surface area contributed by atoms with Gasteiger partial charge in [-0.25, -0.2) is 4.79 Å². The number of aromatic hydroxyl groups is 3. The normalized spacial score (nSPS) is 8.29. The Kier molecular flexibility index (Phi) is 7.82. The number of carbonyl (C=O) groups is 1. The van der Waals surface area contributed by atoms with Gasteiger partial charge in [0, 0.05) is 61.4 Å². The summed E-state index contributed by atoms with van der Waals surface area (Å²) in [5, 5.41) is 35.0. The van der Waals surface area contributed by atoms with Crippen molar-refractivity contribution in [2.24, 2.45) is 0 Å². The van der Waals surface area contributed by atoms with Gasteiger partial charge in [0.25, 0.3) is 0 Å². The van der Waals surface area contributed by atoms with E-state index >= 15 is 0 Å². The number of carboxylic acid groups (broad SMARTS) is 1. The molecule has 0 amide bonds. The molecule has 0 fully saturated rings. The zero-order chi connectivity index (χ0) is 9.30. The quantitative estimate of drug-likeness (QED) is 0.551. The monoisotopic (exact) mass is 354 g/mol. The Labute approximate surface area is 126 Å². The summed E-state index contributed by atoms with van der Waals surface area (Å²) in [4.78, 5) is 10.3. The fourth-order valence-electron chi connectivity index (χ4n) is 0.728. The van der Waals surface area contributed by atoms with Crippen molar-refractivity contribution in [2.75, 3.05) is 0 Å². The number of benzene rings is 1. The second-order valence-corrected chi connectivity index (χ2v) is 2.17.